The molecule has 2 N–H and O–H groups in total. The van der Waals surface area contributed by atoms with Gasteiger partial charge in [-0.2, -0.15) is 0 Å². The molecule has 4 aromatic rings. The summed E-state index contributed by atoms with van der Waals surface area (Å²) in [6.45, 7) is 2.78. The van der Waals surface area contributed by atoms with E-state index in [9.17, 15) is 0 Å². The lowest BCUT2D eigenvalue weighted by molar-refractivity contribution is 0.0574. The van der Waals surface area contributed by atoms with Crippen molar-refractivity contribution in [3.8, 4) is 0 Å². The minimum absolute atomic E-state index is 0.318. The highest BCUT2D eigenvalue weighted by Crippen LogP contribution is 2.70. The van der Waals surface area contributed by atoms with E-state index in [-0.39, 0.29) is 0 Å². The summed E-state index contributed by atoms with van der Waals surface area (Å²) in [6, 6.07) is 32.6. The van der Waals surface area contributed by atoms with Gasteiger partial charge in [0.05, 0.1) is 12.1 Å². The maximum atomic E-state index is 5.19. The average molecular weight is 761 g/mol. The Morgan fingerprint density at radius 2 is 1.59 bits per heavy atom. The number of pyridine rings is 1. The van der Waals surface area contributed by atoms with Gasteiger partial charge in [0.2, 0.25) is 0 Å². The number of hydrogen-bond acceptors (Lipinski definition) is 5. The molecule has 6 nitrogen and oxygen atoms in total. The van der Waals surface area contributed by atoms with Crippen LogP contribution in [0.3, 0.4) is 0 Å². The molecule has 0 bridgehead atoms. The van der Waals surface area contributed by atoms with Gasteiger partial charge in [0.15, 0.2) is 6.71 Å². The molecule has 10 aliphatic rings. The van der Waals surface area contributed by atoms with Crippen LogP contribution in [-0.2, 0) is 0 Å². The zero-order valence-electron chi connectivity index (χ0n) is 33.4. The SMILES string of the molecule is C1=CC=C2B3C4CCCC5C6=C(C(c7ccccc7)C7CCCNC67)N(C6CC(c7ccccn7)CC(C36)n3c2c(c2c3N(c3ccccc3)C3CCCNC23)C=1)C45. The zero-order valence-corrected chi connectivity index (χ0v) is 33.4. The Bertz CT molecular complexity index is 2450. The number of rotatable bonds is 3. The molecule has 3 saturated heterocycles. The molecular weight excluding hydrogens is 707 g/mol. The third-order valence-electron chi connectivity index (χ3n) is 17.3. The van der Waals surface area contributed by atoms with Crippen LogP contribution in [0, 0.1) is 11.8 Å². The van der Waals surface area contributed by atoms with E-state index in [2.05, 4.69) is 134 Å². The van der Waals surface area contributed by atoms with Gasteiger partial charge >= 0.3 is 0 Å². The standard InChI is InChI=1S/C51H53BN6/c1-3-14-30(15-4-1)42-33-20-12-26-54-46(33)43-34-19-11-22-37-48(34)57(50(42)43)40-28-31(38-23-9-10-25-53-38)29-41-45(40)52(37)36-21-8-7-18-35-44-47-39(24-13-27-55-47)56(32-16-5-2-6-17-32)51(44)58(41)49(35)36/h1-6,8-10,14-18,21,23,25,31,33-34,37,39-42,45-48,54-55H,11-13,19-20,22,24,26-29H2. The second kappa shape index (κ2) is 12.5. The molecule has 2 saturated carbocycles. The summed E-state index contributed by atoms with van der Waals surface area (Å²) < 4.78 is 2.97. The molecule has 0 spiro atoms. The predicted octanol–water partition coefficient (Wildman–Crippen LogP) is 9.59. The first kappa shape index (κ1) is 33.3. The Kier molecular flexibility index (Phi) is 7.17. The lowest BCUT2D eigenvalue weighted by Gasteiger charge is -2.63. The summed E-state index contributed by atoms with van der Waals surface area (Å²) in [4.78, 5) is 11.2. The maximum Gasteiger partial charge on any atom is 0.191 e. The van der Waals surface area contributed by atoms with Gasteiger partial charge in [-0.15, -0.1) is 5.73 Å². The molecule has 12 atom stereocenters. The van der Waals surface area contributed by atoms with Crippen LogP contribution >= 0.6 is 0 Å². The van der Waals surface area contributed by atoms with E-state index in [1.807, 2.05) is 5.57 Å². The molecule has 12 unspecified atom stereocenters. The van der Waals surface area contributed by atoms with Crippen molar-refractivity contribution < 1.29 is 0 Å². The summed E-state index contributed by atoms with van der Waals surface area (Å²) in [5.41, 5.74) is 17.7. The third-order valence-corrected chi connectivity index (χ3v) is 17.3. The van der Waals surface area contributed by atoms with Crippen molar-refractivity contribution in [2.45, 2.75) is 118 Å². The second-order valence-corrected chi connectivity index (χ2v) is 19.5. The van der Waals surface area contributed by atoms with Crippen LogP contribution in [-0.4, -0.2) is 58.4 Å². The molecule has 0 radical (unpaired) electrons. The van der Waals surface area contributed by atoms with Crippen LogP contribution in [0.15, 0.2) is 114 Å². The van der Waals surface area contributed by atoms with Gasteiger partial charge in [-0.3, -0.25) is 4.98 Å². The number of aromatic nitrogens is 2. The van der Waals surface area contributed by atoms with Gasteiger partial charge in [-0.05, 0) is 123 Å². The minimum Gasteiger partial charge on any atom is -0.368 e. The van der Waals surface area contributed by atoms with Crippen LogP contribution in [0.5, 0.6) is 0 Å². The molecular formula is C51H53BN6. The molecule has 2 aromatic heterocycles. The van der Waals surface area contributed by atoms with Crippen molar-refractivity contribution in [1.29, 1.82) is 0 Å². The predicted molar refractivity (Wildman–Crippen MR) is 233 cm³/mol. The van der Waals surface area contributed by atoms with Gasteiger partial charge in [0.25, 0.3) is 0 Å². The van der Waals surface area contributed by atoms with Crippen molar-refractivity contribution in [2.24, 2.45) is 11.8 Å². The second-order valence-electron chi connectivity index (χ2n) is 19.5. The molecule has 290 valence electrons. The maximum absolute atomic E-state index is 5.19. The van der Waals surface area contributed by atoms with Gasteiger partial charge in [-0.25, -0.2) is 0 Å². The summed E-state index contributed by atoms with van der Waals surface area (Å²) in [5.74, 6) is 4.82. The number of piperidine rings is 2. The van der Waals surface area contributed by atoms with Crippen LogP contribution in [0.25, 0.3) is 11.5 Å². The quantitative estimate of drug-likeness (QED) is 0.161. The smallest absolute Gasteiger partial charge is 0.191 e. The number of benzene rings is 2. The van der Waals surface area contributed by atoms with E-state index in [4.69, 9.17) is 4.98 Å². The van der Waals surface area contributed by atoms with Crippen molar-refractivity contribution in [2.75, 3.05) is 18.0 Å². The largest absolute Gasteiger partial charge is 0.368 e. The van der Waals surface area contributed by atoms with E-state index in [1.165, 1.54) is 85.4 Å². The third kappa shape index (κ3) is 4.30. The Labute approximate surface area is 343 Å². The number of nitrogens with zero attached hydrogens (tertiary/aromatic N) is 4. The molecule has 2 aromatic carbocycles. The first-order valence-corrected chi connectivity index (χ1v) is 23.1. The van der Waals surface area contributed by atoms with Crippen molar-refractivity contribution >= 4 is 29.8 Å². The lowest BCUT2D eigenvalue weighted by atomic mass is 9.21. The zero-order chi connectivity index (χ0) is 37.6. The molecule has 58 heavy (non-hydrogen) atoms. The molecule has 8 heterocycles. The summed E-state index contributed by atoms with van der Waals surface area (Å²) >= 11 is 0. The Hall–Kier alpha value is -4.55. The van der Waals surface area contributed by atoms with Gasteiger partial charge in [-0.1, -0.05) is 79.0 Å². The summed E-state index contributed by atoms with van der Waals surface area (Å²) in [6.07, 6.45) is 20.7. The fourth-order valence-corrected chi connectivity index (χ4v) is 15.8. The average Bonchev–Trinajstić information content (AvgIpc) is 3.96. The molecule has 5 fully saturated rings. The molecule has 6 aliphatic heterocycles. The number of para-hydroxylation sites is 1. The van der Waals surface area contributed by atoms with E-state index < -0.39 is 0 Å². The van der Waals surface area contributed by atoms with Crippen LogP contribution in [0.1, 0.15) is 110 Å². The van der Waals surface area contributed by atoms with Gasteiger partial charge in [0, 0.05) is 82.0 Å². The van der Waals surface area contributed by atoms with E-state index >= 15 is 0 Å². The van der Waals surface area contributed by atoms with Crippen molar-refractivity contribution in [3.05, 3.63) is 142 Å². The fourth-order valence-electron chi connectivity index (χ4n) is 15.8. The summed E-state index contributed by atoms with van der Waals surface area (Å²) in [5, 5.41) is 8.31. The van der Waals surface area contributed by atoms with Crippen molar-refractivity contribution in [1.82, 2.24) is 25.1 Å². The van der Waals surface area contributed by atoms with Crippen LogP contribution < -0.4 is 15.5 Å². The lowest BCUT2D eigenvalue weighted by Crippen LogP contribution is -2.64. The number of allylic oxidation sites excluding steroid dienone is 3. The Balaban J connectivity index is 1.02. The Morgan fingerprint density at radius 1 is 0.776 bits per heavy atom. The Morgan fingerprint density at radius 3 is 2.45 bits per heavy atom. The highest BCUT2D eigenvalue weighted by atomic mass is 15.3. The highest BCUT2D eigenvalue weighted by molar-refractivity contribution is 6.82. The number of anilines is 2. The first-order chi connectivity index (χ1) is 28.8. The highest BCUT2D eigenvalue weighted by Gasteiger charge is 2.68. The fraction of sp³-hybridized carbons (Fsp3) is 0.451. The van der Waals surface area contributed by atoms with E-state index in [1.54, 1.807) is 16.7 Å². The molecule has 14 rings (SSSR count). The molecule has 7 heteroatoms. The summed E-state index contributed by atoms with van der Waals surface area (Å²) in [7, 11) is 0. The van der Waals surface area contributed by atoms with Crippen LogP contribution in [0.4, 0.5) is 11.5 Å². The van der Waals surface area contributed by atoms with Crippen LogP contribution in [0.2, 0.25) is 11.6 Å². The van der Waals surface area contributed by atoms with E-state index in [0.29, 0.717) is 78.3 Å². The minimum atomic E-state index is 0.318. The molecule has 0 amide bonds. The van der Waals surface area contributed by atoms with Gasteiger partial charge in [0.1, 0.15) is 5.82 Å². The van der Waals surface area contributed by atoms with E-state index in [0.717, 1.165) is 19.5 Å². The first-order valence-electron chi connectivity index (χ1n) is 23.1. The monoisotopic (exact) mass is 760 g/mol. The van der Waals surface area contributed by atoms with Crippen molar-refractivity contribution in [3.63, 3.8) is 0 Å². The topological polar surface area (TPSA) is 48.4 Å². The number of hydrogen-bond donors (Lipinski definition) is 2. The number of fused-ring (bicyclic) bond motifs is 13. The number of nitrogens with one attached hydrogen (secondary N) is 2. The van der Waals surface area contributed by atoms with Gasteiger partial charge < -0.3 is 25.0 Å². The molecule has 4 aliphatic carbocycles. The normalized spacial score (nSPS) is 37.0.